The van der Waals surface area contributed by atoms with Gasteiger partial charge in [0.05, 0.1) is 11.4 Å². The van der Waals surface area contributed by atoms with Crippen molar-refractivity contribution in [1.82, 2.24) is 9.97 Å². The van der Waals surface area contributed by atoms with Gasteiger partial charge in [0.1, 0.15) is 22.7 Å². The van der Waals surface area contributed by atoms with Crippen molar-refractivity contribution in [3.05, 3.63) is 47.6 Å². The summed E-state index contributed by atoms with van der Waals surface area (Å²) >= 11 is 1.56. The molecule has 0 amide bonds. The van der Waals surface area contributed by atoms with E-state index in [0.717, 1.165) is 28.0 Å². The number of nitrogens with one attached hydrogen (secondary N) is 1. The van der Waals surface area contributed by atoms with Crippen LogP contribution in [0, 0.1) is 0 Å². The van der Waals surface area contributed by atoms with E-state index in [1.165, 1.54) is 6.33 Å². The monoisotopic (exact) mass is 335 g/mol. The van der Waals surface area contributed by atoms with E-state index in [2.05, 4.69) is 20.0 Å². The highest BCUT2D eigenvalue weighted by Gasteiger charge is 2.13. The second-order valence-electron chi connectivity index (χ2n) is 4.91. The van der Waals surface area contributed by atoms with Crippen molar-refractivity contribution in [1.29, 1.82) is 0 Å². The maximum Gasteiger partial charge on any atom is 0.387 e. The van der Waals surface area contributed by atoms with E-state index in [1.807, 2.05) is 18.4 Å². The average molecular weight is 335 g/mol. The smallest absolute Gasteiger partial charge is 0.387 e. The summed E-state index contributed by atoms with van der Waals surface area (Å²) in [5, 5.41) is 6.36. The summed E-state index contributed by atoms with van der Waals surface area (Å²) in [6, 6.07) is 8.66. The second-order valence-corrected chi connectivity index (χ2v) is 5.81. The van der Waals surface area contributed by atoms with E-state index < -0.39 is 6.61 Å². The van der Waals surface area contributed by atoms with Crippen LogP contribution in [0.4, 0.5) is 14.6 Å². The first-order chi connectivity index (χ1) is 11.2. The van der Waals surface area contributed by atoms with Crippen molar-refractivity contribution in [3.8, 4) is 5.75 Å². The zero-order valence-electron chi connectivity index (χ0n) is 12.4. The van der Waals surface area contributed by atoms with Gasteiger partial charge in [0.25, 0.3) is 0 Å². The summed E-state index contributed by atoms with van der Waals surface area (Å²) in [4.78, 5) is 9.47. The molecule has 120 valence electrons. The van der Waals surface area contributed by atoms with Crippen LogP contribution in [-0.4, -0.2) is 16.6 Å². The van der Waals surface area contributed by atoms with Crippen LogP contribution in [-0.2, 0) is 0 Å². The third-order valence-electron chi connectivity index (χ3n) is 3.49. The first-order valence-corrected chi connectivity index (χ1v) is 8.05. The Morgan fingerprint density at radius 1 is 1.17 bits per heavy atom. The second kappa shape index (κ2) is 6.87. The molecule has 0 radical (unpaired) electrons. The van der Waals surface area contributed by atoms with Gasteiger partial charge < -0.3 is 10.1 Å². The molecule has 0 fully saturated rings. The molecule has 0 saturated carbocycles. The molecule has 7 heteroatoms. The molecule has 3 aromatic rings. The number of nitrogens with zero attached hydrogens (tertiary/aromatic N) is 2. The highest BCUT2D eigenvalue weighted by molar-refractivity contribution is 7.16. The Balaban J connectivity index is 1.81. The first-order valence-electron chi connectivity index (χ1n) is 7.17. The van der Waals surface area contributed by atoms with Gasteiger partial charge in [-0.05, 0) is 35.6 Å². The summed E-state index contributed by atoms with van der Waals surface area (Å²) in [5.74, 6) is 0.928. The number of thiophene rings is 1. The number of ether oxygens (including phenoxy) is 1. The molecule has 3 rings (SSSR count). The van der Waals surface area contributed by atoms with Crippen LogP contribution >= 0.6 is 11.3 Å². The molecule has 0 spiro atoms. The highest BCUT2D eigenvalue weighted by atomic mass is 32.1. The number of fused-ring (bicyclic) bond motifs is 1. The summed E-state index contributed by atoms with van der Waals surface area (Å²) in [6.07, 6.45) is 2.36. The predicted octanol–water partition coefficient (Wildman–Crippen LogP) is 4.86. The molecule has 0 aliphatic rings. The van der Waals surface area contributed by atoms with Crippen molar-refractivity contribution in [2.45, 2.75) is 26.0 Å². The fourth-order valence-corrected chi connectivity index (χ4v) is 3.11. The predicted molar refractivity (Wildman–Crippen MR) is 87.1 cm³/mol. The molecule has 1 aromatic carbocycles. The van der Waals surface area contributed by atoms with Gasteiger partial charge in [-0.3, -0.25) is 0 Å². The van der Waals surface area contributed by atoms with Gasteiger partial charge in [-0.15, -0.1) is 11.3 Å². The summed E-state index contributed by atoms with van der Waals surface area (Å²) in [6.45, 7) is -0.762. The van der Waals surface area contributed by atoms with Crippen molar-refractivity contribution in [3.63, 3.8) is 0 Å². The third kappa shape index (κ3) is 3.56. The molecule has 2 heterocycles. The maximum absolute atomic E-state index is 12.2. The zero-order valence-corrected chi connectivity index (χ0v) is 13.2. The first kappa shape index (κ1) is 15.6. The van der Waals surface area contributed by atoms with Gasteiger partial charge in [0.2, 0.25) is 0 Å². The van der Waals surface area contributed by atoms with E-state index in [-0.39, 0.29) is 11.8 Å². The lowest BCUT2D eigenvalue weighted by Gasteiger charge is -2.19. The topological polar surface area (TPSA) is 47.0 Å². The molecule has 23 heavy (non-hydrogen) atoms. The van der Waals surface area contributed by atoms with Crippen LogP contribution in [0.3, 0.4) is 0 Å². The Kier molecular flexibility index (Phi) is 4.66. The van der Waals surface area contributed by atoms with Gasteiger partial charge in [-0.25, -0.2) is 9.97 Å². The van der Waals surface area contributed by atoms with E-state index in [1.54, 1.807) is 35.6 Å². The van der Waals surface area contributed by atoms with Crippen LogP contribution < -0.4 is 10.1 Å². The number of aromatic nitrogens is 2. The Hall–Kier alpha value is -2.28. The number of halogens is 2. The lowest BCUT2D eigenvalue weighted by atomic mass is 10.0. The van der Waals surface area contributed by atoms with Crippen LogP contribution in [0.5, 0.6) is 5.75 Å². The lowest BCUT2D eigenvalue weighted by Crippen LogP contribution is -2.11. The van der Waals surface area contributed by atoms with Crippen molar-refractivity contribution >= 4 is 27.4 Å². The Bertz CT molecular complexity index is 776. The number of rotatable bonds is 6. The molecule has 0 aliphatic heterocycles. The minimum atomic E-state index is -2.81. The van der Waals surface area contributed by atoms with Crippen LogP contribution in [0.25, 0.3) is 10.2 Å². The SMILES string of the molecule is CC[C@H](Nc1ncnc2sccc12)c1ccc(OC(F)F)cc1. The molecular weight excluding hydrogens is 320 g/mol. The molecule has 0 saturated heterocycles. The fraction of sp³-hybridized carbons (Fsp3) is 0.250. The molecule has 1 atom stereocenters. The van der Waals surface area contributed by atoms with Gasteiger partial charge >= 0.3 is 6.61 Å². The van der Waals surface area contributed by atoms with Crippen molar-refractivity contribution in [2.75, 3.05) is 5.32 Å². The molecule has 1 N–H and O–H groups in total. The Morgan fingerprint density at radius 3 is 2.65 bits per heavy atom. The largest absolute Gasteiger partial charge is 0.435 e. The van der Waals surface area contributed by atoms with Gasteiger partial charge in [0, 0.05) is 0 Å². The Labute approximate surface area is 136 Å². The van der Waals surface area contributed by atoms with Crippen LogP contribution in [0.1, 0.15) is 24.9 Å². The molecular formula is C16H15F2N3OS. The zero-order chi connectivity index (χ0) is 16.2. The van der Waals surface area contributed by atoms with E-state index in [4.69, 9.17) is 0 Å². The summed E-state index contributed by atoms with van der Waals surface area (Å²) in [5.41, 5.74) is 0.983. The van der Waals surface area contributed by atoms with E-state index in [9.17, 15) is 8.78 Å². The van der Waals surface area contributed by atoms with Crippen LogP contribution in [0.15, 0.2) is 42.0 Å². The standard InChI is InChI=1S/C16H15F2N3OS/c1-2-13(10-3-5-11(6-4-10)22-16(17)18)21-14-12-7-8-23-15(12)20-9-19-14/h3-9,13,16H,2H2,1H3,(H,19,20,21)/t13-/m0/s1. The fourth-order valence-electron chi connectivity index (χ4n) is 2.37. The van der Waals surface area contributed by atoms with Gasteiger partial charge in [-0.2, -0.15) is 8.78 Å². The number of anilines is 1. The molecule has 2 aromatic heterocycles. The summed E-state index contributed by atoms with van der Waals surface area (Å²) < 4.78 is 28.8. The van der Waals surface area contributed by atoms with Crippen molar-refractivity contribution < 1.29 is 13.5 Å². The third-order valence-corrected chi connectivity index (χ3v) is 4.31. The molecule has 0 bridgehead atoms. The number of hydrogen-bond donors (Lipinski definition) is 1. The molecule has 4 nitrogen and oxygen atoms in total. The minimum Gasteiger partial charge on any atom is -0.435 e. The minimum absolute atomic E-state index is 0.0219. The number of hydrogen-bond acceptors (Lipinski definition) is 5. The van der Waals surface area contributed by atoms with E-state index in [0.29, 0.717) is 0 Å². The lowest BCUT2D eigenvalue weighted by molar-refractivity contribution is -0.0498. The van der Waals surface area contributed by atoms with Gasteiger partial charge in [-0.1, -0.05) is 19.1 Å². The van der Waals surface area contributed by atoms with E-state index >= 15 is 0 Å². The number of alkyl halides is 2. The van der Waals surface area contributed by atoms with Crippen molar-refractivity contribution in [2.24, 2.45) is 0 Å². The van der Waals surface area contributed by atoms with Gasteiger partial charge in [0.15, 0.2) is 0 Å². The quantitative estimate of drug-likeness (QED) is 0.699. The molecule has 0 unspecified atom stereocenters. The maximum atomic E-state index is 12.2. The Morgan fingerprint density at radius 2 is 1.96 bits per heavy atom. The number of benzene rings is 1. The van der Waals surface area contributed by atoms with Crippen LogP contribution in [0.2, 0.25) is 0 Å². The highest BCUT2D eigenvalue weighted by Crippen LogP contribution is 2.29. The normalized spacial score (nSPS) is 12.5. The average Bonchev–Trinajstić information content (AvgIpc) is 3.02. The molecule has 0 aliphatic carbocycles. The summed E-state index contributed by atoms with van der Waals surface area (Å²) in [7, 11) is 0.